The van der Waals surface area contributed by atoms with Gasteiger partial charge in [0.15, 0.2) is 17.2 Å². The van der Waals surface area contributed by atoms with E-state index in [2.05, 4.69) is 4.98 Å². The van der Waals surface area contributed by atoms with Crippen LogP contribution in [0.25, 0.3) is 0 Å². The van der Waals surface area contributed by atoms with Gasteiger partial charge in [0.05, 0.1) is 0 Å². The lowest BCUT2D eigenvalue weighted by molar-refractivity contribution is -0.132. The van der Waals surface area contributed by atoms with Crippen molar-refractivity contribution >= 4 is 11.7 Å². The zero-order chi connectivity index (χ0) is 12.9. The lowest BCUT2D eigenvalue weighted by Gasteiger charge is -2.38. The minimum absolute atomic E-state index is 0.0123. The molecular weight excluding hydrogens is 228 g/mol. The maximum atomic E-state index is 12.4. The molecule has 1 saturated carbocycles. The van der Waals surface area contributed by atoms with Gasteiger partial charge in [-0.05, 0) is 51.2 Å². The van der Waals surface area contributed by atoms with Gasteiger partial charge in [-0.2, -0.15) is 0 Å². The largest absolute Gasteiger partial charge is 0.474 e. The molecule has 0 saturated heterocycles. The normalized spacial score (nSPS) is 21.5. The van der Waals surface area contributed by atoms with Crippen molar-refractivity contribution in [2.75, 3.05) is 11.4 Å². The zero-order valence-corrected chi connectivity index (χ0v) is 11.1. The lowest BCUT2D eigenvalue weighted by atomic mass is 10.0. The molecule has 0 spiro atoms. The van der Waals surface area contributed by atoms with Crippen LogP contribution in [-0.2, 0) is 4.79 Å². The highest BCUT2D eigenvalue weighted by Crippen LogP contribution is 2.39. The standard InChI is InChI=1S/C14H18N2O2/c1-9-6-11-12(15-7-9)16(8-10-4-5-10)13(17)14(2,3)18-11/h6-7,10H,4-5,8H2,1-3H3. The third-order valence-corrected chi connectivity index (χ3v) is 3.49. The molecule has 96 valence electrons. The number of aromatic nitrogens is 1. The Bertz CT molecular complexity index is 507. The van der Waals surface area contributed by atoms with Crippen molar-refractivity contribution in [2.45, 2.75) is 39.2 Å². The molecule has 0 atom stereocenters. The highest BCUT2D eigenvalue weighted by molar-refractivity contribution is 6.01. The first-order valence-corrected chi connectivity index (χ1v) is 6.45. The molecule has 0 unspecified atom stereocenters. The first-order valence-electron chi connectivity index (χ1n) is 6.45. The summed E-state index contributed by atoms with van der Waals surface area (Å²) in [6, 6.07) is 1.95. The van der Waals surface area contributed by atoms with Crippen LogP contribution in [0, 0.1) is 12.8 Å². The summed E-state index contributed by atoms with van der Waals surface area (Å²) in [4.78, 5) is 18.6. The second-order valence-electron chi connectivity index (χ2n) is 5.81. The van der Waals surface area contributed by atoms with E-state index in [1.54, 1.807) is 11.1 Å². The van der Waals surface area contributed by atoms with Gasteiger partial charge in [-0.25, -0.2) is 4.98 Å². The Morgan fingerprint density at radius 3 is 2.89 bits per heavy atom. The third kappa shape index (κ3) is 1.85. The van der Waals surface area contributed by atoms with Crippen LogP contribution in [0.15, 0.2) is 12.3 Å². The van der Waals surface area contributed by atoms with Crippen molar-refractivity contribution in [3.05, 3.63) is 17.8 Å². The van der Waals surface area contributed by atoms with E-state index in [4.69, 9.17) is 4.74 Å². The fourth-order valence-electron chi connectivity index (χ4n) is 2.28. The van der Waals surface area contributed by atoms with Crippen molar-refractivity contribution in [1.82, 2.24) is 4.98 Å². The molecule has 2 heterocycles. The molecule has 0 bridgehead atoms. The van der Waals surface area contributed by atoms with Gasteiger partial charge in [0.25, 0.3) is 5.91 Å². The minimum atomic E-state index is -0.794. The van der Waals surface area contributed by atoms with E-state index in [0.29, 0.717) is 11.7 Å². The number of aryl methyl sites for hydroxylation is 1. The van der Waals surface area contributed by atoms with Crippen LogP contribution in [0.5, 0.6) is 5.75 Å². The Morgan fingerprint density at radius 2 is 2.22 bits per heavy atom. The molecule has 1 aliphatic heterocycles. The molecule has 4 heteroatoms. The van der Waals surface area contributed by atoms with E-state index in [0.717, 1.165) is 17.9 Å². The maximum Gasteiger partial charge on any atom is 0.271 e. The van der Waals surface area contributed by atoms with Gasteiger partial charge < -0.3 is 4.74 Å². The number of amides is 1. The number of carbonyl (C=O) groups excluding carboxylic acids is 1. The van der Waals surface area contributed by atoms with Gasteiger partial charge in [-0.15, -0.1) is 0 Å². The van der Waals surface area contributed by atoms with Crippen LogP contribution in [0.1, 0.15) is 32.3 Å². The SMILES string of the molecule is Cc1cnc2c(c1)OC(C)(C)C(=O)N2CC1CC1. The van der Waals surface area contributed by atoms with Crippen LogP contribution >= 0.6 is 0 Å². The number of fused-ring (bicyclic) bond motifs is 1. The smallest absolute Gasteiger partial charge is 0.271 e. The number of ether oxygens (including phenoxy) is 1. The molecule has 1 aliphatic carbocycles. The first-order chi connectivity index (χ1) is 8.47. The first kappa shape index (κ1) is 11.5. The Kier molecular flexibility index (Phi) is 2.37. The predicted molar refractivity (Wildman–Crippen MR) is 68.8 cm³/mol. The highest BCUT2D eigenvalue weighted by Gasteiger charge is 2.43. The summed E-state index contributed by atoms with van der Waals surface area (Å²) in [5.74, 6) is 2.05. The summed E-state index contributed by atoms with van der Waals surface area (Å²) in [7, 11) is 0. The van der Waals surface area contributed by atoms with Gasteiger partial charge >= 0.3 is 0 Å². The van der Waals surface area contributed by atoms with Gasteiger partial charge in [0.1, 0.15) is 0 Å². The van der Waals surface area contributed by atoms with E-state index < -0.39 is 5.60 Å². The second-order valence-corrected chi connectivity index (χ2v) is 5.81. The summed E-state index contributed by atoms with van der Waals surface area (Å²) in [5, 5.41) is 0. The van der Waals surface area contributed by atoms with Gasteiger partial charge in [0, 0.05) is 12.7 Å². The Balaban J connectivity index is 2.03. The predicted octanol–water partition coefficient (Wildman–Crippen LogP) is 2.30. The molecule has 0 N–H and O–H groups in total. The Hall–Kier alpha value is -1.58. The van der Waals surface area contributed by atoms with E-state index in [1.165, 1.54) is 12.8 Å². The van der Waals surface area contributed by atoms with E-state index in [9.17, 15) is 4.79 Å². The average molecular weight is 246 g/mol. The number of hydrogen-bond donors (Lipinski definition) is 0. The highest BCUT2D eigenvalue weighted by atomic mass is 16.5. The molecule has 1 fully saturated rings. The third-order valence-electron chi connectivity index (χ3n) is 3.49. The summed E-state index contributed by atoms with van der Waals surface area (Å²) < 4.78 is 5.79. The Labute approximate surface area is 107 Å². The Morgan fingerprint density at radius 1 is 1.50 bits per heavy atom. The van der Waals surface area contributed by atoms with Crippen molar-refractivity contribution < 1.29 is 9.53 Å². The quantitative estimate of drug-likeness (QED) is 0.804. The molecular formula is C14H18N2O2. The van der Waals surface area contributed by atoms with Crippen molar-refractivity contribution in [1.29, 1.82) is 0 Å². The molecule has 4 nitrogen and oxygen atoms in total. The molecule has 0 aromatic carbocycles. The molecule has 0 radical (unpaired) electrons. The van der Waals surface area contributed by atoms with Crippen LogP contribution in [0.2, 0.25) is 0 Å². The van der Waals surface area contributed by atoms with Crippen LogP contribution in [0.4, 0.5) is 5.82 Å². The van der Waals surface area contributed by atoms with Crippen LogP contribution in [0.3, 0.4) is 0 Å². The van der Waals surface area contributed by atoms with Gasteiger partial charge in [-0.1, -0.05) is 0 Å². The minimum Gasteiger partial charge on any atom is -0.474 e. The molecule has 1 amide bonds. The lowest BCUT2D eigenvalue weighted by Crippen LogP contribution is -2.53. The van der Waals surface area contributed by atoms with E-state index >= 15 is 0 Å². The monoisotopic (exact) mass is 246 g/mol. The van der Waals surface area contributed by atoms with Crippen LogP contribution < -0.4 is 9.64 Å². The van der Waals surface area contributed by atoms with Crippen molar-refractivity contribution in [3.8, 4) is 5.75 Å². The summed E-state index contributed by atoms with van der Waals surface area (Å²) >= 11 is 0. The molecule has 3 rings (SSSR count). The maximum absolute atomic E-state index is 12.4. The molecule has 18 heavy (non-hydrogen) atoms. The number of anilines is 1. The number of rotatable bonds is 2. The van der Waals surface area contributed by atoms with E-state index in [-0.39, 0.29) is 5.91 Å². The number of nitrogens with zero attached hydrogens (tertiary/aromatic N) is 2. The number of pyridine rings is 1. The van der Waals surface area contributed by atoms with Crippen molar-refractivity contribution in [2.24, 2.45) is 5.92 Å². The van der Waals surface area contributed by atoms with Gasteiger partial charge in [-0.3, -0.25) is 9.69 Å². The zero-order valence-electron chi connectivity index (χ0n) is 11.1. The summed E-state index contributed by atoms with van der Waals surface area (Å²) in [6.07, 6.45) is 4.21. The topological polar surface area (TPSA) is 42.4 Å². The molecule has 1 aromatic heterocycles. The molecule has 2 aliphatic rings. The fraction of sp³-hybridized carbons (Fsp3) is 0.571. The molecule has 1 aromatic rings. The average Bonchev–Trinajstić information content (AvgIpc) is 3.08. The van der Waals surface area contributed by atoms with Crippen LogP contribution in [-0.4, -0.2) is 23.0 Å². The number of hydrogen-bond acceptors (Lipinski definition) is 3. The summed E-state index contributed by atoms with van der Waals surface area (Å²) in [5.41, 5.74) is 0.252. The van der Waals surface area contributed by atoms with E-state index in [1.807, 2.05) is 26.8 Å². The summed E-state index contributed by atoms with van der Waals surface area (Å²) in [6.45, 7) is 6.39. The second kappa shape index (κ2) is 3.70. The number of carbonyl (C=O) groups is 1. The van der Waals surface area contributed by atoms with Crippen molar-refractivity contribution in [3.63, 3.8) is 0 Å². The van der Waals surface area contributed by atoms with Gasteiger partial charge in [0.2, 0.25) is 0 Å². The fourth-order valence-corrected chi connectivity index (χ4v) is 2.28.